The normalized spacial score (nSPS) is 10.9. The van der Waals surface area contributed by atoms with Gasteiger partial charge in [0.15, 0.2) is 5.13 Å². The Morgan fingerprint density at radius 3 is 3.06 bits per heavy atom. The number of fused-ring (bicyclic) bond motifs is 1. The number of nitrogens with one attached hydrogen (secondary N) is 1. The molecule has 0 bridgehead atoms. The molecule has 0 unspecified atom stereocenters. The highest BCUT2D eigenvalue weighted by atomic mass is 35.5. The lowest BCUT2D eigenvalue weighted by Crippen LogP contribution is -2.03. The third kappa shape index (κ3) is 2.48. The Bertz CT molecular complexity index is 648. The third-order valence-corrected chi connectivity index (χ3v) is 4.59. The first kappa shape index (κ1) is 11.9. The van der Waals surface area contributed by atoms with Crippen LogP contribution in [0.15, 0.2) is 29.8 Å². The van der Waals surface area contributed by atoms with Crippen molar-refractivity contribution in [2.75, 3.05) is 11.9 Å². The van der Waals surface area contributed by atoms with Crippen LogP contribution in [0.25, 0.3) is 10.2 Å². The maximum absolute atomic E-state index is 6.09. The molecule has 92 valence electrons. The van der Waals surface area contributed by atoms with Crippen molar-refractivity contribution in [2.24, 2.45) is 0 Å². The smallest absolute Gasteiger partial charge is 0.183 e. The molecule has 3 nitrogen and oxygen atoms in total. The lowest BCUT2D eigenvalue weighted by Gasteiger charge is -1.98. The third-order valence-electron chi connectivity index (χ3n) is 2.47. The lowest BCUT2D eigenvalue weighted by molar-refractivity contribution is 0.996. The van der Waals surface area contributed by atoms with E-state index in [2.05, 4.69) is 15.3 Å². The molecule has 0 saturated heterocycles. The molecule has 0 aliphatic heterocycles. The molecule has 0 aliphatic rings. The number of benzene rings is 1. The summed E-state index contributed by atoms with van der Waals surface area (Å²) in [6, 6.07) is 5.84. The SMILES string of the molecule is Clc1cccc2sc(NCCc3nccs3)nc12. The van der Waals surface area contributed by atoms with Gasteiger partial charge in [-0.15, -0.1) is 11.3 Å². The Kier molecular flexibility index (Phi) is 3.45. The van der Waals surface area contributed by atoms with E-state index in [9.17, 15) is 0 Å². The minimum atomic E-state index is 0.705. The van der Waals surface area contributed by atoms with Crippen LogP contribution in [-0.4, -0.2) is 16.5 Å². The highest BCUT2D eigenvalue weighted by molar-refractivity contribution is 7.22. The fourth-order valence-electron chi connectivity index (χ4n) is 1.64. The number of hydrogen-bond acceptors (Lipinski definition) is 5. The molecule has 3 rings (SSSR count). The summed E-state index contributed by atoms with van der Waals surface area (Å²) in [6.45, 7) is 0.838. The Hall–Kier alpha value is -1.17. The Balaban J connectivity index is 1.69. The molecule has 3 aromatic rings. The molecule has 0 aliphatic carbocycles. The van der Waals surface area contributed by atoms with E-state index in [1.807, 2.05) is 29.8 Å². The molecule has 0 amide bonds. The average Bonchev–Trinajstić information content (AvgIpc) is 2.98. The number of anilines is 1. The van der Waals surface area contributed by atoms with Gasteiger partial charge in [0.2, 0.25) is 0 Å². The van der Waals surface area contributed by atoms with Crippen LogP contribution in [0.1, 0.15) is 5.01 Å². The van der Waals surface area contributed by atoms with E-state index in [0.29, 0.717) is 5.02 Å². The van der Waals surface area contributed by atoms with E-state index in [1.54, 1.807) is 22.7 Å². The number of halogens is 1. The summed E-state index contributed by atoms with van der Waals surface area (Å²) in [6.07, 6.45) is 2.75. The molecule has 6 heteroatoms. The number of hydrogen-bond donors (Lipinski definition) is 1. The number of nitrogens with zero attached hydrogens (tertiary/aromatic N) is 2. The quantitative estimate of drug-likeness (QED) is 0.789. The Morgan fingerprint density at radius 1 is 1.33 bits per heavy atom. The summed E-state index contributed by atoms with van der Waals surface area (Å²) in [5.41, 5.74) is 0.876. The van der Waals surface area contributed by atoms with Gasteiger partial charge in [-0.3, -0.25) is 0 Å². The van der Waals surface area contributed by atoms with Gasteiger partial charge in [-0.1, -0.05) is 29.0 Å². The van der Waals surface area contributed by atoms with Gasteiger partial charge in [0, 0.05) is 24.5 Å². The zero-order chi connectivity index (χ0) is 12.4. The first-order valence-corrected chi connectivity index (χ1v) is 7.57. The number of aromatic nitrogens is 2. The summed E-state index contributed by atoms with van der Waals surface area (Å²) in [5.74, 6) is 0. The number of rotatable bonds is 4. The van der Waals surface area contributed by atoms with Gasteiger partial charge in [0.05, 0.1) is 14.7 Å². The molecule has 0 saturated carbocycles. The van der Waals surface area contributed by atoms with E-state index in [0.717, 1.165) is 33.3 Å². The molecule has 18 heavy (non-hydrogen) atoms. The summed E-state index contributed by atoms with van der Waals surface area (Å²) >= 11 is 9.39. The van der Waals surface area contributed by atoms with Crippen molar-refractivity contribution in [1.29, 1.82) is 0 Å². The van der Waals surface area contributed by atoms with Gasteiger partial charge in [-0.25, -0.2) is 9.97 Å². The number of para-hydroxylation sites is 1. The summed E-state index contributed by atoms with van der Waals surface area (Å²) in [4.78, 5) is 8.73. The van der Waals surface area contributed by atoms with Crippen molar-refractivity contribution >= 4 is 49.6 Å². The van der Waals surface area contributed by atoms with E-state index < -0.39 is 0 Å². The second-order valence-corrected chi connectivity index (χ2v) is 6.13. The van der Waals surface area contributed by atoms with E-state index in [1.165, 1.54) is 0 Å². The van der Waals surface area contributed by atoms with Crippen molar-refractivity contribution < 1.29 is 0 Å². The predicted octanol–water partition coefficient (Wildman–Crippen LogP) is 4.06. The zero-order valence-electron chi connectivity index (χ0n) is 9.39. The van der Waals surface area contributed by atoms with E-state index in [4.69, 9.17) is 11.6 Å². The second kappa shape index (κ2) is 5.22. The Morgan fingerprint density at radius 2 is 2.28 bits per heavy atom. The average molecular weight is 296 g/mol. The van der Waals surface area contributed by atoms with Crippen molar-refractivity contribution in [3.8, 4) is 0 Å². The maximum atomic E-state index is 6.09. The van der Waals surface area contributed by atoms with Gasteiger partial charge in [-0.2, -0.15) is 0 Å². The van der Waals surface area contributed by atoms with Gasteiger partial charge in [0.25, 0.3) is 0 Å². The first-order chi connectivity index (χ1) is 8.83. The van der Waals surface area contributed by atoms with E-state index in [-0.39, 0.29) is 0 Å². The van der Waals surface area contributed by atoms with Gasteiger partial charge >= 0.3 is 0 Å². The van der Waals surface area contributed by atoms with Gasteiger partial charge in [0.1, 0.15) is 5.52 Å². The van der Waals surface area contributed by atoms with Gasteiger partial charge < -0.3 is 5.32 Å². The standard InChI is InChI=1S/C12H10ClN3S2/c13-8-2-1-3-9-11(8)16-12(18-9)15-5-4-10-14-6-7-17-10/h1-3,6-7H,4-5H2,(H,15,16). The van der Waals surface area contributed by atoms with Crippen LogP contribution in [0, 0.1) is 0 Å². The predicted molar refractivity (Wildman–Crippen MR) is 78.9 cm³/mol. The summed E-state index contributed by atoms with van der Waals surface area (Å²) < 4.78 is 1.11. The minimum absolute atomic E-state index is 0.705. The zero-order valence-corrected chi connectivity index (χ0v) is 11.8. The molecular formula is C12H10ClN3S2. The van der Waals surface area contributed by atoms with Crippen molar-refractivity contribution in [3.63, 3.8) is 0 Å². The first-order valence-electron chi connectivity index (χ1n) is 5.50. The van der Waals surface area contributed by atoms with Crippen LogP contribution in [0.4, 0.5) is 5.13 Å². The Labute approximate surface area is 117 Å². The molecule has 0 spiro atoms. The topological polar surface area (TPSA) is 37.8 Å². The highest BCUT2D eigenvalue weighted by Crippen LogP contribution is 2.30. The fourth-order valence-corrected chi connectivity index (χ4v) is 3.45. The van der Waals surface area contributed by atoms with Crippen LogP contribution < -0.4 is 5.32 Å². The maximum Gasteiger partial charge on any atom is 0.183 e. The molecular weight excluding hydrogens is 286 g/mol. The molecule has 2 heterocycles. The lowest BCUT2D eigenvalue weighted by atomic mass is 10.3. The van der Waals surface area contributed by atoms with Crippen molar-refractivity contribution in [1.82, 2.24) is 9.97 Å². The van der Waals surface area contributed by atoms with Crippen LogP contribution in [0.3, 0.4) is 0 Å². The van der Waals surface area contributed by atoms with E-state index >= 15 is 0 Å². The molecule has 1 aromatic carbocycles. The van der Waals surface area contributed by atoms with Crippen LogP contribution in [0.2, 0.25) is 5.02 Å². The molecule has 0 fully saturated rings. The van der Waals surface area contributed by atoms with Crippen LogP contribution in [0.5, 0.6) is 0 Å². The molecule has 0 radical (unpaired) electrons. The minimum Gasteiger partial charge on any atom is -0.361 e. The second-order valence-electron chi connectivity index (χ2n) is 3.71. The van der Waals surface area contributed by atoms with Crippen molar-refractivity contribution in [2.45, 2.75) is 6.42 Å². The van der Waals surface area contributed by atoms with Gasteiger partial charge in [-0.05, 0) is 12.1 Å². The summed E-state index contributed by atoms with van der Waals surface area (Å²) in [5, 5.41) is 8.07. The highest BCUT2D eigenvalue weighted by Gasteiger charge is 2.06. The monoisotopic (exact) mass is 295 g/mol. The van der Waals surface area contributed by atoms with Crippen LogP contribution >= 0.6 is 34.3 Å². The molecule has 0 atom stereocenters. The number of thiazole rings is 2. The summed E-state index contributed by atoms with van der Waals surface area (Å²) in [7, 11) is 0. The van der Waals surface area contributed by atoms with Crippen LogP contribution in [-0.2, 0) is 6.42 Å². The molecule has 2 aromatic heterocycles. The fraction of sp³-hybridized carbons (Fsp3) is 0.167. The van der Waals surface area contributed by atoms with Crippen molar-refractivity contribution in [3.05, 3.63) is 39.8 Å². The molecule has 1 N–H and O–H groups in total. The largest absolute Gasteiger partial charge is 0.361 e.